The smallest absolute Gasteiger partial charge is 0.463 e. The number of hydrogen-bond donors (Lipinski definition) is 4. The fourth-order valence-electron chi connectivity index (χ4n) is 8.52. The van der Waals surface area contributed by atoms with Crippen molar-refractivity contribution in [2.75, 3.05) is 39.6 Å². The minimum atomic E-state index is -4.93. The van der Waals surface area contributed by atoms with Crippen LogP contribution < -0.4 is 0 Å². The molecule has 0 saturated heterocycles. The summed E-state index contributed by atoms with van der Waals surface area (Å²) in [5.41, 5.74) is 0. The summed E-state index contributed by atoms with van der Waals surface area (Å²) in [5, 5.41) is 20.5. The van der Waals surface area contributed by atoms with E-state index in [9.17, 15) is 43.5 Å². The van der Waals surface area contributed by atoms with Crippen molar-refractivity contribution in [1.82, 2.24) is 0 Å². The maximum atomic E-state index is 12.9. The summed E-state index contributed by atoms with van der Waals surface area (Å²) in [6, 6.07) is 0. The van der Waals surface area contributed by atoms with Crippen molar-refractivity contribution in [2.24, 2.45) is 0 Å². The lowest BCUT2D eigenvalue weighted by Gasteiger charge is -2.21. The topological polar surface area (TPSA) is 231 Å². The Morgan fingerprint density at radius 2 is 0.596 bits per heavy atom. The predicted molar refractivity (Wildman–Crippen MR) is 362 cm³/mol. The Labute approximate surface area is 538 Å². The number of allylic oxidation sites excluding steroid dienone is 20. The first-order chi connectivity index (χ1) is 43.2. The van der Waals surface area contributed by atoms with Crippen LogP contribution in [0.3, 0.4) is 0 Å². The minimum absolute atomic E-state index is 0.0861. The second-order valence-electron chi connectivity index (χ2n) is 22.2. The van der Waals surface area contributed by atoms with Crippen LogP contribution in [0.1, 0.15) is 252 Å². The van der Waals surface area contributed by atoms with E-state index in [1.165, 1.54) is 38.5 Å². The number of carbonyl (C=O) groups excluding carboxylic acids is 3. The minimum Gasteiger partial charge on any atom is -0.463 e. The summed E-state index contributed by atoms with van der Waals surface area (Å²) in [6.45, 7) is 2.36. The monoisotopic (exact) mass is 1290 g/mol. The lowest BCUT2D eigenvalue weighted by molar-refractivity contribution is -0.161. The number of phosphoric acid groups is 2. The van der Waals surface area contributed by atoms with E-state index in [1.54, 1.807) is 0 Å². The molecular formula is C71H120O16P2. The molecule has 0 bridgehead atoms. The van der Waals surface area contributed by atoms with E-state index in [2.05, 4.69) is 142 Å². The summed E-state index contributed by atoms with van der Waals surface area (Å²) in [7, 11) is -9.79. The Bertz CT molecular complexity index is 2110. The molecule has 0 fully saturated rings. The molecule has 5 atom stereocenters. The fraction of sp³-hybridized carbons (Fsp3) is 0.676. The van der Waals surface area contributed by atoms with Crippen LogP contribution >= 0.6 is 15.6 Å². The number of phosphoric ester groups is 2. The molecular weight excluding hydrogens is 1170 g/mol. The first-order valence-electron chi connectivity index (χ1n) is 33.8. The van der Waals surface area contributed by atoms with Crippen LogP contribution in [-0.2, 0) is 55.8 Å². The van der Waals surface area contributed by atoms with Gasteiger partial charge in [0.2, 0.25) is 0 Å². The van der Waals surface area contributed by atoms with Crippen LogP contribution in [0.5, 0.6) is 0 Å². The van der Waals surface area contributed by atoms with Gasteiger partial charge in [0.05, 0.1) is 26.4 Å². The first-order valence-corrected chi connectivity index (χ1v) is 36.8. The number of esters is 3. The molecule has 18 heteroatoms. The van der Waals surface area contributed by atoms with Crippen LogP contribution in [0.15, 0.2) is 122 Å². The van der Waals surface area contributed by atoms with Gasteiger partial charge >= 0.3 is 33.6 Å². The quantitative estimate of drug-likeness (QED) is 0.0146. The van der Waals surface area contributed by atoms with E-state index in [0.29, 0.717) is 19.3 Å². The zero-order valence-electron chi connectivity index (χ0n) is 55.1. The average Bonchev–Trinajstić information content (AvgIpc) is 3.63. The van der Waals surface area contributed by atoms with Gasteiger partial charge in [-0.3, -0.25) is 32.5 Å². The van der Waals surface area contributed by atoms with Crippen LogP contribution in [0, 0.1) is 0 Å². The molecule has 0 aliphatic heterocycles. The van der Waals surface area contributed by atoms with Gasteiger partial charge in [-0.2, -0.15) is 0 Å². The molecule has 0 aliphatic rings. The van der Waals surface area contributed by atoms with Gasteiger partial charge in [0.15, 0.2) is 6.10 Å². The Kier molecular flexibility index (Phi) is 61.2. The van der Waals surface area contributed by atoms with Gasteiger partial charge in [0.1, 0.15) is 25.4 Å². The number of unbranched alkanes of at least 4 members (excludes halogenated alkanes) is 20. The maximum absolute atomic E-state index is 12.9. The Hall–Kier alpha value is -4.05. The number of ether oxygens (including phenoxy) is 3. The summed E-state index contributed by atoms with van der Waals surface area (Å²) < 4.78 is 60.8. The van der Waals surface area contributed by atoms with Crippen molar-refractivity contribution in [3.05, 3.63) is 122 Å². The third-order valence-electron chi connectivity index (χ3n) is 13.7. The van der Waals surface area contributed by atoms with E-state index in [0.717, 1.165) is 154 Å². The number of aliphatic hydroxyl groups excluding tert-OH is 2. The summed E-state index contributed by atoms with van der Waals surface area (Å²) >= 11 is 0. The van der Waals surface area contributed by atoms with E-state index in [-0.39, 0.29) is 19.3 Å². The van der Waals surface area contributed by atoms with Crippen molar-refractivity contribution >= 4 is 33.6 Å². The molecule has 5 unspecified atom stereocenters. The van der Waals surface area contributed by atoms with Gasteiger partial charge in [-0.25, -0.2) is 9.13 Å². The molecule has 89 heavy (non-hydrogen) atoms. The van der Waals surface area contributed by atoms with Gasteiger partial charge < -0.3 is 34.2 Å². The Morgan fingerprint density at radius 3 is 0.955 bits per heavy atom. The second kappa shape index (κ2) is 64.1. The highest BCUT2D eigenvalue weighted by atomic mass is 31.2. The molecule has 0 heterocycles. The third kappa shape index (κ3) is 65.3. The third-order valence-corrected chi connectivity index (χ3v) is 15.6. The molecule has 0 aromatic carbocycles. The van der Waals surface area contributed by atoms with Gasteiger partial charge in [-0.15, -0.1) is 0 Å². The van der Waals surface area contributed by atoms with Crippen LogP contribution in [0.25, 0.3) is 0 Å². The molecule has 0 rings (SSSR count). The van der Waals surface area contributed by atoms with Crippen LogP contribution in [-0.4, -0.2) is 95.9 Å². The summed E-state index contributed by atoms with van der Waals surface area (Å²) in [6.07, 6.45) is 72.5. The lowest BCUT2D eigenvalue weighted by Crippen LogP contribution is -2.30. The van der Waals surface area contributed by atoms with Gasteiger partial charge in [-0.05, 0) is 128 Å². The zero-order chi connectivity index (χ0) is 65.3. The molecule has 16 nitrogen and oxygen atoms in total. The normalized spacial score (nSPS) is 15.0. The predicted octanol–water partition coefficient (Wildman–Crippen LogP) is 18.6. The van der Waals surface area contributed by atoms with Crippen molar-refractivity contribution in [3.8, 4) is 0 Å². The van der Waals surface area contributed by atoms with E-state index < -0.39 is 91.5 Å². The van der Waals surface area contributed by atoms with E-state index in [4.69, 9.17) is 32.3 Å². The fourth-order valence-corrected chi connectivity index (χ4v) is 10.1. The largest absolute Gasteiger partial charge is 0.472 e. The zero-order valence-corrected chi connectivity index (χ0v) is 56.8. The number of hydrogen-bond acceptors (Lipinski definition) is 14. The van der Waals surface area contributed by atoms with Gasteiger partial charge in [0.25, 0.3) is 0 Å². The highest BCUT2D eigenvalue weighted by molar-refractivity contribution is 7.47. The lowest BCUT2D eigenvalue weighted by atomic mass is 10.1. The number of rotatable bonds is 63. The summed E-state index contributed by atoms with van der Waals surface area (Å²) in [5.74, 6) is -1.63. The van der Waals surface area contributed by atoms with Crippen molar-refractivity contribution in [1.29, 1.82) is 0 Å². The first kappa shape index (κ1) is 85.0. The molecule has 0 spiro atoms. The van der Waals surface area contributed by atoms with Crippen molar-refractivity contribution in [3.63, 3.8) is 0 Å². The SMILES string of the molecule is CC/C=C\C/C=C\C/C=C\C/C=C\C/C=C\CCCCCCCC(=O)OCC(O)COP(=O)(O)OCC(O)COP(=O)(O)OCC(COC(=O)CCCCCC/C=C\C/C=C\C/C=C\C/C=C\CC)OC(=O)CCCCCCC/C=C\CCCCCCCC. The number of carbonyl (C=O) groups is 3. The standard InChI is InChI=1S/C71H120O16P2/c1-4-7-10-13-16-19-22-25-28-30-31-32-33-35-38-39-42-45-48-51-54-57-69(74)81-60-66(72)61-83-88(77,78)84-62-67(73)63-85-89(79,80)86-65-68(87-71(76)59-56-53-50-47-44-41-36-27-24-21-18-15-12-9-6-3)64-82-70(75)58-55-52-49-46-43-40-37-34-29-26-23-20-17-14-11-8-5-2/h7-8,10-11,16-17,19-20,25-29,31-32,35-38,40,66-68,72-73H,4-6,9,12-15,18,21-24,30,33-34,39,41-65H2,1-3H3,(H,77,78)(H,79,80)/b10-7-,11-8-,19-16-,20-17-,28-25-,29-26-,32-31-,36-27-,38-35-,40-37-. The van der Waals surface area contributed by atoms with Crippen LogP contribution in [0.2, 0.25) is 0 Å². The molecule has 0 saturated carbocycles. The molecule has 0 aromatic heterocycles. The molecule has 0 aliphatic carbocycles. The van der Waals surface area contributed by atoms with Crippen LogP contribution in [0.4, 0.5) is 0 Å². The Morgan fingerprint density at radius 1 is 0.326 bits per heavy atom. The van der Waals surface area contributed by atoms with Gasteiger partial charge in [0, 0.05) is 19.3 Å². The van der Waals surface area contributed by atoms with Gasteiger partial charge in [-0.1, -0.05) is 226 Å². The maximum Gasteiger partial charge on any atom is 0.472 e. The molecule has 510 valence electrons. The molecule has 0 amide bonds. The summed E-state index contributed by atoms with van der Waals surface area (Å²) in [4.78, 5) is 58.4. The van der Waals surface area contributed by atoms with Crippen molar-refractivity contribution in [2.45, 2.75) is 270 Å². The second-order valence-corrected chi connectivity index (χ2v) is 25.1. The van der Waals surface area contributed by atoms with Crippen molar-refractivity contribution < 1.29 is 75.8 Å². The Balaban J connectivity index is 4.70. The van der Waals surface area contributed by atoms with E-state index in [1.807, 2.05) is 0 Å². The average molecular weight is 1290 g/mol. The molecule has 0 radical (unpaired) electrons. The highest BCUT2D eigenvalue weighted by Crippen LogP contribution is 2.45. The molecule has 4 N–H and O–H groups in total. The molecule has 0 aromatic rings. The van der Waals surface area contributed by atoms with E-state index >= 15 is 0 Å². The highest BCUT2D eigenvalue weighted by Gasteiger charge is 2.29. The number of aliphatic hydroxyl groups is 2.